The van der Waals surface area contributed by atoms with Crippen molar-refractivity contribution >= 4 is 12.6 Å². The van der Waals surface area contributed by atoms with Crippen LogP contribution in [0.4, 0.5) is 0 Å². The maximum absolute atomic E-state index is 9.50. The Morgan fingerprint density at radius 1 is 1.35 bits per heavy atom. The summed E-state index contributed by atoms with van der Waals surface area (Å²) in [5.74, 6) is 1.59. The van der Waals surface area contributed by atoms with Gasteiger partial charge in [-0.3, -0.25) is 4.90 Å². The first-order chi connectivity index (χ1) is 9.63. The van der Waals surface area contributed by atoms with E-state index < -0.39 is 7.12 Å². The normalized spacial score (nSPS) is 14.7. The molecule has 5 heteroatoms. The second kappa shape index (κ2) is 7.11. The van der Waals surface area contributed by atoms with Gasteiger partial charge >= 0.3 is 7.12 Å². The summed E-state index contributed by atoms with van der Waals surface area (Å²) in [7, 11) is 0.197. The first-order valence-electron chi connectivity index (χ1n) is 7.39. The van der Waals surface area contributed by atoms with Crippen LogP contribution in [0.5, 0.6) is 5.75 Å². The van der Waals surface area contributed by atoms with Crippen molar-refractivity contribution in [2.24, 2.45) is 5.92 Å². The van der Waals surface area contributed by atoms with Crippen molar-refractivity contribution in [3.8, 4) is 5.75 Å². The van der Waals surface area contributed by atoms with Gasteiger partial charge in [-0.05, 0) is 54.9 Å². The number of rotatable bonds is 8. The van der Waals surface area contributed by atoms with Gasteiger partial charge < -0.3 is 14.8 Å². The van der Waals surface area contributed by atoms with Crippen LogP contribution in [0.25, 0.3) is 0 Å². The van der Waals surface area contributed by atoms with Crippen LogP contribution in [0.1, 0.15) is 31.7 Å². The topological polar surface area (TPSA) is 52.9 Å². The second-order valence-corrected chi connectivity index (χ2v) is 5.62. The molecule has 0 heterocycles. The van der Waals surface area contributed by atoms with Crippen LogP contribution in [0, 0.1) is 5.92 Å². The second-order valence-electron chi connectivity index (χ2n) is 5.62. The summed E-state index contributed by atoms with van der Waals surface area (Å²) >= 11 is 0. The zero-order valence-corrected chi connectivity index (χ0v) is 12.4. The van der Waals surface area contributed by atoms with Gasteiger partial charge in [-0.25, -0.2) is 0 Å². The molecule has 0 aliphatic heterocycles. The third kappa shape index (κ3) is 4.23. The lowest BCUT2D eigenvalue weighted by molar-refractivity contribution is 0.255. The maximum Gasteiger partial charge on any atom is 0.488 e. The lowest BCUT2D eigenvalue weighted by Crippen LogP contribution is -2.36. The van der Waals surface area contributed by atoms with Crippen LogP contribution in [-0.2, 0) is 6.54 Å². The molecule has 1 saturated carbocycles. The molecular formula is C15H24BNO3. The Kier molecular flexibility index (Phi) is 5.46. The van der Waals surface area contributed by atoms with Crippen LogP contribution in [-0.4, -0.2) is 42.3 Å². The van der Waals surface area contributed by atoms with Gasteiger partial charge in [0.1, 0.15) is 5.75 Å². The van der Waals surface area contributed by atoms with Gasteiger partial charge in [-0.15, -0.1) is 0 Å². The lowest BCUT2D eigenvalue weighted by Gasteiger charge is -2.23. The fraction of sp³-hybridized carbons (Fsp3) is 0.600. The fourth-order valence-corrected chi connectivity index (χ4v) is 2.56. The standard InChI is InChI=1S/C15H24BNO3/c1-3-8-17(10-12-4-5-12)11-13-9-14(20-2)6-7-15(13)16(18)19/h6-7,9,12,18-19H,3-5,8,10-11H2,1-2H3. The number of hydrogen-bond donors (Lipinski definition) is 2. The molecular weight excluding hydrogens is 253 g/mol. The molecule has 0 bridgehead atoms. The Morgan fingerprint density at radius 2 is 2.10 bits per heavy atom. The molecule has 0 saturated heterocycles. The highest BCUT2D eigenvalue weighted by atomic mass is 16.5. The molecule has 0 unspecified atom stereocenters. The molecule has 4 nitrogen and oxygen atoms in total. The van der Waals surface area contributed by atoms with Gasteiger partial charge in [0, 0.05) is 13.1 Å². The van der Waals surface area contributed by atoms with Crippen LogP contribution in [0.2, 0.25) is 0 Å². The average Bonchev–Trinajstić information content (AvgIpc) is 3.22. The van der Waals surface area contributed by atoms with E-state index in [2.05, 4.69) is 11.8 Å². The van der Waals surface area contributed by atoms with E-state index in [0.29, 0.717) is 5.46 Å². The highest BCUT2D eigenvalue weighted by molar-refractivity contribution is 6.59. The van der Waals surface area contributed by atoms with E-state index in [1.165, 1.54) is 12.8 Å². The number of methoxy groups -OCH3 is 1. The minimum absolute atomic E-state index is 0.572. The van der Waals surface area contributed by atoms with E-state index in [0.717, 1.165) is 43.3 Å². The first kappa shape index (κ1) is 15.4. The van der Waals surface area contributed by atoms with Gasteiger partial charge in [-0.2, -0.15) is 0 Å². The molecule has 1 aliphatic carbocycles. The number of nitrogens with zero attached hydrogens (tertiary/aromatic N) is 1. The Bertz CT molecular complexity index is 435. The SMILES string of the molecule is CCCN(Cc1cc(OC)ccc1B(O)O)CC1CC1. The van der Waals surface area contributed by atoms with Crippen molar-refractivity contribution in [3.05, 3.63) is 23.8 Å². The maximum atomic E-state index is 9.50. The summed E-state index contributed by atoms with van der Waals surface area (Å²) in [4.78, 5) is 2.40. The molecule has 0 aromatic heterocycles. The summed E-state index contributed by atoms with van der Waals surface area (Å²) in [5.41, 5.74) is 1.51. The van der Waals surface area contributed by atoms with Crippen LogP contribution in [0.3, 0.4) is 0 Å². The van der Waals surface area contributed by atoms with E-state index >= 15 is 0 Å². The van der Waals surface area contributed by atoms with Crippen LogP contribution >= 0.6 is 0 Å². The smallest absolute Gasteiger partial charge is 0.488 e. The van der Waals surface area contributed by atoms with Crippen molar-refractivity contribution in [2.45, 2.75) is 32.7 Å². The van der Waals surface area contributed by atoms with Crippen molar-refractivity contribution in [3.63, 3.8) is 0 Å². The van der Waals surface area contributed by atoms with Crippen LogP contribution in [0.15, 0.2) is 18.2 Å². The monoisotopic (exact) mass is 277 g/mol. The van der Waals surface area contributed by atoms with Crippen molar-refractivity contribution in [1.82, 2.24) is 4.90 Å². The van der Waals surface area contributed by atoms with Crippen molar-refractivity contribution in [1.29, 1.82) is 0 Å². The molecule has 2 rings (SSSR count). The Hall–Kier alpha value is -1.04. The molecule has 1 aromatic rings. The molecule has 1 aromatic carbocycles. The Labute approximate surface area is 121 Å². The highest BCUT2D eigenvalue weighted by Gasteiger charge is 2.25. The molecule has 1 aliphatic rings. The molecule has 1 fully saturated rings. The summed E-state index contributed by atoms with van der Waals surface area (Å²) in [6.07, 6.45) is 3.76. The van der Waals surface area contributed by atoms with Gasteiger partial charge in [0.05, 0.1) is 7.11 Å². The van der Waals surface area contributed by atoms with Gasteiger partial charge in [0.25, 0.3) is 0 Å². The number of hydrogen-bond acceptors (Lipinski definition) is 4. The minimum Gasteiger partial charge on any atom is -0.497 e. The first-order valence-corrected chi connectivity index (χ1v) is 7.39. The molecule has 0 radical (unpaired) electrons. The van der Waals surface area contributed by atoms with Crippen molar-refractivity contribution < 1.29 is 14.8 Å². The van der Waals surface area contributed by atoms with Gasteiger partial charge in [-0.1, -0.05) is 13.0 Å². The number of ether oxygens (including phenoxy) is 1. The lowest BCUT2D eigenvalue weighted by atomic mass is 9.77. The van der Waals surface area contributed by atoms with E-state index in [-0.39, 0.29) is 0 Å². The van der Waals surface area contributed by atoms with E-state index in [9.17, 15) is 10.0 Å². The van der Waals surface area contributed by atoms with Crippen molar-refractivity contribution in [2.75, 3.05) is 20.2 Å². The third-order valence-corrected chi connectivity index (χ3v) is 3.78. The van der Waals surface area contributed by atoms with Crippen LogP contribution < -0.4 is 10.2 Å². The Morgan fingerprint density at radius 3 is 2.65 bits per heavy atom. The largest absolute Gasteiger partial charge is 0.497 e. The van der Waals surface area contributed by atoms with E-state index in [1.54, 1.807) is 19.2 Å². The average molecular weight is 277 g/mol. The Balaban J connectivity index is 2.14. The number of benzene rings is 1. The quantitative estimate of drug-likeness (QED) is 0.696. The molecule has 0 amide bonds. The molecule has 20 heavy (non-hydrogen) atoms. The summed E-state index contributed by atoms with van der Waals surface area (Å²) < 4.78 is 5.24. The summed E-state index contributed by atoms with van der Waals surface area (Å²) in [5, 5.41) is 19.0. The predicted octanol–water partition coefficient (Wildman–Crippen LogP) is 0.997. The molecule has 0 spiro atoms. The van der Waals surface area contributed by atoms with E-state index in [1.807, 2.05) is 6.07 Å². The summed E-state index contributed by atoms with van der Waals surface area (Å²) in [6.45, 7) is 5.06. The zero-order chi connectivity index (χ0) is 14.5. The predicted molar refractivity (Wildman–Crippen MR) is 81.1 cm³/mol. The van der Waals surface area contributed by atoms with Gasteiger partial charge in [0.2, 0.25) is 0 Å². The zero-order valence-electron chi connectivity index (χ0n) is 12.4. The molecule has 0 atom stereocenters. The third-order valence-electron chi connectivity index (χ3n) is 3.78. The summed E-state index contributed by atoms with van der Waals surface area (Å²) in [6, 6.07) is 5.41. The molecule has 110 valence electrons. The van der Waals surface area contributed by atoms with Gasteiger partial charge in [0.15, 0.2) is 0 Å². The molecule has 2 N–H and O–H groups in total. The van der Waals surface area contributed by atoms with E-state index in [4.69, 9.17) is 4.74 Å². The highest BCUT2D eigenvalue weighted by Crippen LogP contribution is 2.30. The minimum atomic E-state index is -1.43. The fourth-order valence-electron chi connectivity index (χ4n) is 2.56.